The first kappa shape index (κ1) is 19.8. The van der Waals surface area contributed by atoms with Gasteiger partial charge in [0.15, 0.2) is 6.61 Å². The predicted octanol–water partition coefficient (Wildman–Crippen LogP) is 2.05. The number of hydrogen-bond donors (Lipinski definition) is 0. The van der Waals surface area contributed by atoms with Gasteiger partial charge in [-0.25, -0.2) is 0 Å². The highest BCUT2D eigenvalue weighted by Crippen LogP contribution is 2.39. The van der Waals surface area contributed by atoms with Gasteiger partial charge in [-0.1, -0.05) is 25.0 Å². The van der Waals surface area contributed by atoms with Crippen molar-refractivity contribution < 1.29 is 19.1 Å². The molecule has 0 N–H and O–H groups in total. The van der Waals surface area contributed by atoms with Crippen LogP contribution >= 0.6 is 0 Å². The number of nitrogens with zero attached hydrogens (tertiary/aromatic N) is 3. The number of amides is 2. The first-order valence-corrected chi connectivity index (χ1v) is 11.3. The van der Waals surface area contributed by atoms with Gasteiger partial charge < -0.3 is 14.4 Å². The van der Waals surface area contributed by atoms with Crippen LogP contribution in [0.2, 0.25) is 0 Å². The van der Waals surface area contributed by atoms with Gasteiger partial charge in [-0.3, -0.25) is 19.4 Å². The van der Waals surface area contributed by atoms with E-state index in [1.54, 1.807) is 4.90 Å². The van der Waals surface area contributed by atoms with Gasteiger partial charge in [-0.2, -0.15) is 0 Å². The lowest BCUT2D eigenvalue weighted by Crippen LogP contribution is -2.65. The van der Waals surface area contributed by atoms with E-state index in [2.05, 4.69) is 4.90 Å². The Morgan fingerprint density at radius 3 is 2.80 bits per heavy atom. The minimum atomic E-state index is -0.260. The smallest absolute Gasteiger partial charge is 0.265 e. The normalized spacial score (nSPS) is 29.7. The van der Waals surface area contributed by atoms with Crippen molar-refractivity contribution in [2.75, 3.05) is 50.8 Å². The highest BCUT2D eigenvalue weighted by atomic mass is 16.5. The Morgan fingerprint density at radius 2 is 1.93 bits per heavy atom. The molecule has 5 rings (SSSR count). The van der Waals surface area contributed by atoms with Gasteiger partial charge in [-0.15, -0.1) is 0 Å². The average molecular weight is 414 g/mol. The Hall–Kier alpha value is -2.12. The van der Waals surface area contributed by atoms with Crippen LogP contribution in [0.25, 0.3) is 0 Å². The van der Waals surface area contributed by atoms with Crippen molar-refractivity contribution in [2.24, 2.45) is 0 Å². The van der Waals surface area contributed by atoms with Crippen LogP contribution in [0, 0.1) is 0 Å². The number of fused-ring (bicyclic) bond motifs is 1. The lowest BCUT2D eigenvalue weighted by atomic mass is 9.78. The van der Waals surface area contributed by atoms with Crippen molar-refractivity contribution >= 4 is 17.5 Å². The molecule has 1 saturated carbocycles. The fraction of sp³-hybridized carbons (Fsp3) is 0.652. The van der Waals surface area contributed by atoms with E-state index in [0.717, 1.165) is 32.4 Å². The number of anilines is 1. The van der Waals surface area contributed by atoms with E-state index in [-0.39, 0.29) is 30.6 Å². The summed E-state index contributed by atoms with van der Waals surface area (Å²) in [5.41, 5.74) is 0.418. The number of rotatable bonds is 3. The maximum atomic E-state index is 13.3. The van der Waals surface area contributed by atoms with E-state index in [9.17, 15) is 9.59 Å². The second-order valence-electron chi connectivity index (χ2n) is 8.97. The molecule has 7 heteroatoms. The first-order chi connectivity index (χ1) is 14.7. The van der Waals surface area contributed by atoms with Crippen molar-refractivity contribution in [1.82, 2.24) is 9.80 Å². The van der Waals surface area contributed by atoms with E-state index < -0.39 is 0 Å². The Bertz CT molecular complexity index is 805. The molecule has 0 aromatic heterocycles. The Morgan fingerprint density at radius 1 is 1.10 bits per heavy atom. The van der Waals surface area contributed by atoms with E-state index in [4.69, 9.17) is 9.47 Å². The fourth-order valence-corrected chi connectivity index (χ4v) is 5.70. The summed E-state index contributed by atoms with van der Waals surface area (Å²) >= 11 is 0. The summed E-state index contributed by atoms with van der Waals surface area (Å²) in [7, 11) is 0. The summed E-state index contributed by atoms with van der Waals surface area (Å²) in [6.45, 7) is 4.12. The van der Waals surface area contributed by atoms with E-state index in [0.29, 0.717) is 37.2 Å². The van der Waals surface area contributed by atoms with Crippen molar-refractivity contribution in [1.29, 1.82) is 0 Å². The molecular weight excluding hydrogens is 382 g/mol. The van der Waals surface area contributed by atoms with Gasteiger partial charge >= 0.3 is 0 Å². The maximum Gasteiger partial charge on any atom is 0.265 e. The van der Waals surface area contributed by atoms with Gasteiger partial charge in [0.2, 0.25) is 5.91 Å². The number of benzene rings is 1. The summed E-state index contributed by atoms with van der Waals surface area (Å²) < 4.78 is 12.0. The molecule has 2 atom stereocenters. The number of para-hydroxylation sites is 2. The monoisotopic (exact) mass is 413 g/mol. The van der Waals surface area contributed by atoms with Crippen molar-refractivity contribution in [3.63, 3.8) is 0 Å². The number of morpholine rings is 1. The summed E-state index contributed by atoms with van der Waals surface area (Å²) in [5, 5.41) is 0. The van der Waals surface area contributed by atoms with Crippen LogP contribution < -0.4 is 9.64 Å². The number of likely N-dealkylation sites (tertiary alicyclic amines) is 1. The molecule has 1 aliphatic carbocycles. The van der Waals surface area contributed by atoms with Crippen molar-refractivity contribution in [3.8, 4) is 5.75 Å². The molecule has 4 aliphatic rings. The van der Waals surface area contributed by atoms with Gasteiger partial charge in [0.05, 0.1) is 18.8 Å². The number of ether oxygens (including phenoxy) is 2. The predicted molar refractivity (Wildman–Crippen MR) is 113 cm³/mol. The molecule has 3 aliphatic heterocycles. The fourth-order valence-electron chi connectivity index (χ4n) is 5.70. The van der Waals surface area contributed by atoms with Crippen LogP contribution in [-0.4, -0.2) is 79.2 Å². The minimum Gasteiger partial charge on any atom is -0.482 e. The van der Waals surface area contributed by atoms with Gasteiger partial charge in [0.1, 0.15) is 17.9 Å². The number of carbonyl (C=O) groups excluding carboxylic acids is 2. The summed E-state index contributed by atoms with van der Waals surface area (Å²) in [5.74, 6) is 0.482. The Balaban J connectivity index is 1.32. The van der Waals surface area contributed by atoms with Crippen LogP contribution in [0.15, 0.2) is 24.3 Å². The molecular formula is C23H31N3O4. The summed E-state index contributed by atoms with van der Waals surface area (Å²) in [6.07, 6.45) is 7.07. The third-order valence-electron chi connectivity index (χ3n) is 7.18. The van der Waals surface area contributed by atoms with Crippen LogP contribution in [0.3, 0.4) is 0 Å². The van der Waals surface area contributed by atoms with E-state index in [1.807, 2.05) is 29.2 Å². The zero-order valence-electron chi connectivity index (χ0n) is 17.6. The largest absolute Gasteiger partial charge is 0.482 e. The third-order valence-corrected chi connectivity index (χ3v) is 7.18. The first-order valence-electron chi connectivity index (χ1n) is 11.3. The zero-order chi connectivity index (χ0) is 20.6. The molecule has 2 saturated heterocycles. The third kappa shape index (κ3) is 3.58. The Labute approximate surface area is 177 Å². The lowest BCUT2D eigenvalue weighted by Gasteiger charge is -2.52. The molecule has 1 aromatic rings. The molecule has 30 heavy (non-hydrogen) atoms. The Kier molecular flexibility index (Phi) is 5.41. The summed E-state index contributed by atoms with van der Waals surface area (Å²) in [6, 6.07) is 7.82. The molecule has 0 unspecified atom stereocenters. The molecule has 0 bridgehead atoms. The second-order valence-corrected chi connectivity index (χ2v) is 8.97. The highest BCUT2D eigenvalue weighted by Gasteiger charge is 2.49. The molecule has 3 fully saturated rings. The van der Waals surface area contributed by atoms with E-state index in [1.165, 1.54) is 19.3 Å². The SMILES string of the molecule is O=C(CN1C(=O)COc2ccccc21)N1CCO[C@@]2(CCCC[C@H]2N2CCCC2)C1. The molecule has 1 spiro atoms. The molecule has 2 amide bonds. The molecule has 162 valence electrons. The zero-order valence-corrected chi connectivity index (χ0v) is 17.6. The maximum absolute atomic E-state index is 13.3. The standard InChI is InChI=1S/C23H31N3O4/c27-21(15-26-18-7-1-2-8-19(18)29-16-22(26)28)25-13-14-30-23(17-25)10-4-3-9-20(23)24-11-5-6-12-24/h1-2,7-8,20H,3-6,9-17H2/t20-,23+/m1/s1. The number of carbonyl (C=O) groups is 2. The molecule has 3 heterocycles. The quantitative estimate of drug-likeness (QED) is 0.759. The molecule has 7 nitrogen and oxygen atoms in total. The second kappa shape index (κ2) is 8.19. The van der Waals surface area contributed by atoms with E-state index >= 15 is 0 Å². The minimum absolute atomic E-state index is 0.00604. The molecule has 0 radical (unpaired) electrons. The van der Waals surface area contributed by atoms with Crippen LogP contribution in [0.1, 0.15) is 38.5 Å². The highest BCUT2D eigenvalue weighted by molar-refractivity contribution is 6.02. The number of hydrogen-bond acceptors (Lipinski definition) is 5. The van der Waals surface area contributed by atoms with Gasteiger partial charge in [0, 0.05) is 12.6 Å². The van der Waals surface area contributed by atoms with Gasteiger partial charge in [-0.05, 0) is 50.9 Å². The van der Waals surface area contributed by atoms with Gasteiger partial charge in [0.25, 0.3) is 5.91 Å². The topological polar surface area (TPSA) is 62.3 Å². The van der Waals surface area contributed by atoms with Crippen LogP contribution in [0.5, 0.6) is 5.75 Å². The average Bonchev–Trinajstić information content (AvgIpc) is 3.30. The lowest BCUT2D eigenvalue weighted by molar-refractivity contribution is -0.173. The summed E-state index contributed by atoms with van der Waals surface area (Å²) in [4.78, 5) is 31.9. The van der Waals surface area contributed by atoms with Crippen LogP contribution in [-0.2, 0) is 14.3 Å². The van der Waals surface area contributed by atoms with Crippen molar-refractivity contribution in [2.45, 2.75) is 50.2 Å². The van der Waals surface area contributed by atoms with Crippen LogP contribution in [0.4, 0.5) is 5.69 Å². The van der Waals surface area contributed by atoms with Crippen molar-refractivity contribution in [3.05, 3.63) is 24.3 Å². The molecule has 1 aromatic carbocycles.